The number of nitrogens with one attached hydrogen (secondary N) is 2. The van der Waals surface area contributed by atoms with Gasteiger partial charge in [0, 0.05) is 26.7 Å². The number of hydrogen-bond acceptors (Lipinski definition) is 5. The Balaban J connectivity index is 2.14. The molecule has 1 fully saturated rings. The second-order valence-electron chi connectivity index (χ2n) is 5.03. The van der Waals surface area contributed by atoms with Gasteiger partial charge in [-0.15, -0.1) is 0 Å². The van der Waals surface area contributed by atoms with Crippen LogP contribution in [0.25, 0.3) is 0 Å². The standard InChI is InChI=1S/C14H20ClN3O5S/c1-22-7-4-16-14(19)17-13-10-11(2-3-12(13)15)24(20,21)18-5-8-23-9-6-18/h2-3,10H,4-9H2,1H3,(H2,16,17,19). The molecule has 1 aliphatic heterocycles. The Bertz CT molecular complexity index is 677. The van der Waals surface area contributed by atoms with E-state index < -0.39 is 16.1 Å². The number of methoxy groups -OCH3 is 1. The molecule has 0 radical (unpaired) electrons. The number of amides is 2. The van der Waals surface area contributed by atoms with Crippen molar-refractivity contribution in [3.63, 3.8) is 0 Å². The first kappa shape index (κ1) is 18.9. The van der Waals surface area contributed by atoms with Crippen molar-refractivity contribution in [1.29, 1.82) is 0 Å². The maximum absolute atomic E-state index is 12.6. The van der Waals surface area contributed by atoms with Crippen molar-refractivity contribution < 1.29 is 22.7 Å². The minimum atomic E-state index is -3.66. The molecule has 0 atom stereocenters. The smallest absolute Gasteiger partial charge is 0.319 e. The fraction of sp³-hybridized carbons (Fsp3) is 0.500. The lowest BCUT2D eigenvalue weighted by Crippen LogP contribution is -2.40. The molecule has 0 bridgehead atoms. The molecule has 0 unspecified atom stereocenters. The maximum Gasteiger partial charge on any atom is 0.319 e. The average molecular weight is 378 g/mol. The molecular weight excluding hydrogens is 358 g/mol. The highest BCUT2D eigenvalue weighted by molar-refractivity contribution is 7.89. The number of rotatable bonds is 6. The molecule has 0 spiro atoms. The quantitative estimate of drug-likeness (QED) is 0.724. The van der Waals surface area contributed by atoms with E-state index in [9.17, 15) is 13.2 Å². The minimum Gasteiger partial charge on any atom is -0.383 e. The summed E-state index contributed by atoms with van der Waals surface area (Å²) in [6, 6.07) is 3.72. The van der Waals surface area contributed by atoms with Gasteiger partial charge in [-0.1, -0.05) is 11.6 Å². The largest absolute Gasteiger partial charge is 0.383 e. The lowest BCUT2D eigenvalue weighted by molar-refractivity contribution is 0.0730. The summed E-state index contributed by atoms with van der Waals surface area (Å²) in [6.07, 6.45) is 0. The molecule has 2 N–H and O–H groups in total. The van der Waals surface area contributed by atoms with Crippen molar-refractivity contribution in [3.8, 4) is 0 Å². The van der Waals surface area contributed by atoms with E-state index in [1.165, 1.54) is 29.6 Å². The van der Waals surface area contributed by atoms with Gasteiger partial charge in [0.2, 0.25) is 10.0 Å². The van der Waals surface area contributed by atoms with Gasteiger partial charge in [0.1, 0.15) is 0 Å². The van der Waals surface area contributed by atoms with Gasteiger partial charge in [0.15, 0.2) is 0 Å². The van der Waals surface area contributed by atoms with Crippen molar-refractivity contribution in [2.45, 2.75) is 4.90 Å². The summed E-state index contributed by atoms with van der Waals surface area (Å²) in [5, 5.41) is 5.36. The fourth-order valence-corrected chi connectivity index (χ4v) is 3.73. The number of ether oxygens (including phenoxy) is 2. The minimum absolute atomic E-state index is 0.0704. The number of carbonyl (C=O) groups excluding carboxylic acids is 1. The van der Waals surface area contributed by atoms with E-state index in [0.29, 0.717) is 39.5 Å². The van der Waals surface area contributed by atoms with Crippen LogP contribution in [0, 0.1) is 0 Å². The van der Waals surface area contributed by atoms with E-state index in [2.05, 4.69) is 10.6 Å². The second kappa shape index (κ2) is 8.63. The predicted molar refractivity (Wildman–Crippen MR) is 89.9 cm³/mol. The van der Waals surface area contributed by atoms with E-state index in [-0.39, 0.29) is 15.6 Å². The van der Waals surface area contributed by atoms with E-state index in [1.54, 1.807) is 0 Å². The van der Waals surface area contributed by atoms with Crippen LogP contribution in [-0.2, 0) is 19.5 Å². The molecule has 0 aromatic heterocycles. The topological polar surface area (TPSA) is 97.0 Å². The summed E-state index contributed by atoms with van der Waals surface area (Å²) in [7, 11) is -2.13. The van der Waals surface area contributed by atoms with Crippen LogP contribution in [0.1, 0.15) is 0 Å². The molecule has 1 aromatic rings. The van der Waals surface area contributed by atoms with E-state index in [4.69, 9.17) is 21.1 Å². The Hall–Kier alpha value is -1.39. The third-order valence-electron chi connectivity index (χ3n) is 3.39. The first-order valence-corrected chi connectivity index (χ1v) is 9.18. The molecule has 134 valence electrons. The molecule has 1 saturated heterocycles. The van der Waals surface area contributed by atoms with E-state index in [1.807, 2.05) is 0 Å². The Morgan fingerprint density at radius 3 is 2.75 bits per heavy atom. The number of sulfonamides is 1. The van der Waals surface area contributed by atoms with Gasteiger partial charge in [-0.3, -0.25) is 0 Å². The van der Waals surface area contributed by atoms with Gasteiger partial charge in [-0.05, 0) is 18.2 Å². The van der Waals surface area contributed by atoms with Gasteiger partial charge < -0.3 is 20.1 Å². The van der Waals surface area contributed by atoms with Crippen LogP contribution in [0.2, 0.25) is 5.02 Å². The summed E-state index contributed by atoms with van der Waals surface area (Å²) >= 11 is 6.04. The van der Waals surface area contributed by atoms with Crippen LogP contribution in [0.5, 0.6) is 0 Å². The number of hydrogen-bond donors (Lipinski definition) is 2. The molecular formula is C14H20ClN3O5S. The molecule has 2 amide bonds. The maximum atomic E-state index is 12.6. The first-order valence-electron chi connectivity index (χ1n) is 7.36. The predicted octanol–water partition coefficient (Wildman–Crippen LogP) is 1.13. The zero-order valence-corrected chi connectivity index (χ0v) is 14.8. The molecule has 1 aliphatic rings. The SMILES string of the molecule is COCCNC(=O)Nc1cc(S(=O)(=O)N2CCOCC2)ccc1Cl. The summed E-state index contributed by atoms with van der Waals surface area (Å²) in [4.78, 5) is 11.9. The highest BCUT2D eigenvalue weighted by Crippen LogP contribution is 2.27. The number of carbonyl (C=O) groups is 1. The van der Waals surface area contributed by atoms with Crippen molar-refractivity contribution in [3.05, 3.63) is 23.2 Å². The van der Waals surface area contributed by atoms with Gasteiger partial charge in [-0.2, -0.15) is 4.31 Å². The lowest BCUT2D eigenvalue weighted by Gasteiger charge is -2.26. The fourth-order valence-electron chi connectivity index (χ4n) is 2.13. The molecule has 1 heterocycles. The van der Waals surface area contributed by atoms with Gasteiger partial charge in [-0.25, -0.2) is 13.2 Å². The van der Waals surface area contributed by atoms with Gasteiger partial charge in [0.05, 0.1) is 35.4 Å². The Kier molecular flexibility index (Phi) is 6.81. The van der Waals surface area contributed by atoms with E-state index >= 15 is 0 Å². The van der Waals surface area contributed by atoms with Crippen LogP contribution in [0.3, 0.4) is 0 Å². The zero-order valence-electron chi connectivity index (χ0n) is 13.2. The summed E-state index contributed by atoms with van der Waals surface area (Å²) in [5.74, 6) is 0. The van der Waals surface area contributed by atoms with Crippen molar-refractivity contribution in [1.82, 2.24) is 9.62 Å². The third-order valence-corrected chi connectivity index (χ3v) is 5.61. The lowest BCUT2D eigenvalue weighted by atomic mass is 10.3. The summed E-state index contributed by atoms with van der Waals surface area (Å²) in [6.45, 7) is 2.01. The first-order chi connectivity index (χ1) is 11.4. The van der Waals surface area contributed by atoms with Crippen LogP contribution < -0.4 is 10.6 Å². The van der Waals surface area contributed by atoms with E-state index in [0.717, 1.165) is 0 Å². The number of morpholine rings is 1. The van der Waals surface area contributed by atoms with Gasteiger partial charge >= 0.3 is 6.03 Å². The van der Waals surface area contributed by atoms with Crippen molar-refractivity contribution in [2.24, 2.45) is 0 Å². The van der Waals surface area contributed by atoms with Gasteiger partial charge in [0.25, 0.3) is 0 Å². The normalized spacial score (nSPS) is 15.9. The van der Waals surface area contributed by atoms with Crippen molar-refractivity contribution in [2.75, 3.05) is 51.9 Å². The number of halogens is 1. The molecule has 24 heavy (non-hydrogen) atoms. The Morgan fingerprint density at radius 1 is 1.38 bits per heavy atom. The molecule has 0 aliphatic carbocycles. The summed E-state index contributed by atoms with van der Waals surface area (Å²) < 4.78 is 36.6. The van der Waals surface area contributed by atoms with Crippen molar-refractivity contribution >= 4 is 33.3 Å². The number of urea groups is 1. The monoisotopic (exact) mass is 377 g/mol. The highest BCUT2D eigenvalue weighted by atomic mass is 35.5. The molecule has 2 rings (SSSR count). The third kappa shape index (κ3) is 4.81. The second-order valence-corrected chi connectivity index (χ2v) is 7.38. The zero-order chi connectivity index (χ0) is 17.6. The van der Waals surface area contributed by atoms with Crippen LogP contribution in [0.4, 0.5) is 10.5 Å². The summed E-state index contributed by atoms with van der Waals surface area (Å²) in [5.41, 5.74) is 0.223. The van der Waals surface area contributed by atoms with Crippen LogP contribution >= 0.6 is 11.6 Å². The Labute approximate surface area is 146 Å². The molecule has 1 aromatic carbocycles. The highest BCUT2D eigenvalue weighted by Gasteiger charge is 2.27. The molecule has 0 saturated carbocycles. The average Bonchev–Trinajstić information content (AvgIpc) is 2.58. The Morgan fingerprint density at radius 2 is 2.08 bits per heavy atom. The number of benzene rings is 1. The molecule has 8 nitrogen and oxygen atoms in total. The number of anilines is 1. The van der Waals surface area contributed by atoms with Crippen LogP contribution in [0.15, 0.2) is 23.1 Å². The number of nitrogens with zero attached hydrogens (tertiary/aromatic N) is 1. The molecule has 10 heteroatoms. The van der Waals surface area contributed by atoms with Crippen LogP contribution in [-0.4, -0.2) is 65.3 Å².